The summed E-state index contributed by atoms with van der Waals surface area (Å²) in [5.41, 5.74) is 0. The first-order valence-corrected chi connectivity index (χ1v) is 15.2. The van der Waals surface area contributed by atoms with Crippen LogP contribution >= 0.6 is 0 Å². The molecule has 1 fully saturated rings. The molecule has 0 aromatic rings. The predicted molar refractivity (Wildman–Crippen MR) is 155 cm³/mol. The standard InChI is InChI=1S/C31H52O11/c1-9-14-19-24(32)35-27-26(34)28(40-37-21(6)16-11-3)30(41-38-22(7)17-12-4)31(42-39-23(8)18-13-5)29(27)36-25(33)20-15-10-2/h26-31,34H,6-20H2,1-5H3. The monoisotopic (exact) mass is 600 g/mol. The fourth-order valence-corrected chi connectivity index (χ4v) is 4.13. The molecule has 1 aliphatic carbocycles. The molecule has 0 heterocycles. The summed E-state index contributed by atoms with van der Waals surface area (Å²) in [6.07, 6.45) is -1.84. The largest absolute Gasteiger partial charge is 0.455 e. The maximum Gasteiger partial charge on any atom is 0.306 e. The second-order valence-corrected chi connectivity index (χ2v) is 10.4. The highest BCUT2D eigenvalue weighted by molar-refractivity contribution is 5.71. The quantitative estimate of drug-likeness (QED) is 0.0601. The van der Waals surface area contributed by atoms with E-state index in [1.807, 2.05) is 34.6 Å². The number of allylic oxidation sites excluding steroid dienone is 3. The predicted octanol–water partition coefficient (Wildman–Crippen LogP) is 6.46. The maximum absolute atomic E-state index is 12.9. The van der Waals surface area contributed by atoms with Gasteiger partial charge in [0.05, 0.1) is 0 Å². The first-order chi connectivity index (χ1) is 20.1. The lowest BCUT2D eigenvalue weighted by Crippen LogP contribution is -2.67. The Kier molecular flexibility index (Phi) is 18.8. The third-order valence-corrected chi connectivity index (χ3v) is 6.39. The molecule has 11 nitrogen and oxygen atoms in total. The zero-order chi connectivity index (χ0) is 31.5. The van der Waals surface area contributed by atoms with Crippen LogP contribution in [-0.2, 0) is 48.4 Å². The Bertz CT molecular complexity index is 843. The smallest absolute Gasteiger partial charge is 0.306 e. The van der Waals surface area contributed by atoms with E-state index in [4.69, 9.17) is 38.8 Å². The molecule has 0 aliphatic heterocycles. The Labute approximate surface area is 250 Å². The molecule has 11 heteroatoms. The normalized spacial score (nSPS) is 23.5. The summed E-state index contributed by atoms with van der Waals surface area (Å²) in [5.74, 6) is -0.258. The Hall–Kier alpha value is -2.60. The van der Waals surface area contributed by atoms with Gasteiger partial charge in [-0.3, -0.25) is 9.59 Å². The van der Waals surface area contributed by atoms with E-state index in [2.05, 4.69) is 19.7 Å². The highest BCUT2D eigenvalue weighted by Crippen LogP contribution is 2.34. The van der Waals surface area contributed by atoms with Crippen molar-refractivity contribution in [1.82, 2.24) is 0 Å². The molecule has 0 aromatic heterocycles. The van der Waals surface area contributed by atoms with Crippen LogP contribution in [0.4, 0.5) is 0 Å². The van der Waals surface area contributed by atoms with Crippen LogP contribution < -0.4 is 0 Å². The van der Waals surface area contributed by atoms with Gasteiger partial charge in [-0.1, -0.05) is 67.2 Å². The molecule has 242 valence electrons. The van der Waals surface area contributed by atoms with Gasteiger partial charge in [0.15, 0.2) is 30.5 Å². The van der Waals surface area contributed by atoms with Gasteiger partial charge in [-0.2, -0.15) is 14.7 Å². The van der Waals surface area contributed by atoms with Gasteiger partial charge in [0, 0.05) is 32.1 Å². The summed E-state index contributed by atoms with van der Waals surface area (Å²) in [7, 11) is 0. The molecule has 1 N–H and O–H groups in total. The number of rotatable bonds is 23. The van der Waals surface area contributed by atoms with Gasteiger partial charge in [0.2, 0.25) is 0 Å². The number of ether oxygens (including phenoxy) is 2. The van der Waals surface area contributed by atoms with Gasteiger partial charge in [-0.15, -0.1) is 0 Å². The molecular weight excluding hydrogens is 548 g/mol. The first kappa shape index (κ1) is 37.4. The molecule has 0 amide bonds. The lowest BCUT2D eigenvalue weighted by Gasteiger charge is -2.45. The van der Waals surface area contributed by atoms with E-state index in [1.165, 1.54) is 0 Å². The average Bonchev–Trinajstić information content (AvgIpc) is 2.95. The Balaban J connectivity index is 3.55. The molecule has 0 spiro atoms. The number of unbranched alkanes of at least 4 members (excludes halogenated alkanes) is 2. The fourth-order valence-electron chi connectivity index (χ4n) is 4.13. The molecule has 0 aromatic carbocycles. The number of hydrogen-bond acceptors (Lipinski definition) is 11. The van der Waals surface area contributed by atoms with Crippen molar-refractivity contribution in [3.63, 3.8) is 0 Å². The van der Waals surface area contributed by atoms with Crippen molar-refractivity contribution in [1.29, 1.82) is 0 Å². The number of carbonyl (C=O) groups excluding carboxylic acids is 2. The van der Waals surface area contributed by atoms with Crippen LogP contribution in [0, 0.1) is 0 Å². The van der Waals surface area contributed by atoms with Gasteiger partial charge in [-0.05, 0) is 32.1 Å². The summed E-state index contributed by atoms with van der Waals surface area (Å²) in [4.78, 5) is 59.2. The lowest BCUT2D eigenvalue weighted by atomic mass is 9.84. The van der Waals surface area contributed by atoms with Crippen LogP contribution in [0.3, 0.4) is 0 Å². The van der Waals surface area contributed by atoms with Gasteiger partial charge in [0.25, 0.3) is 0 Å². The van der Waals surface area contributed by atoms with E-state index in [9.17, 15) is 14.7 Å². The van der Waals surface area contributed by atoms with Crippen molar-refractivity contribution >= 4 is 11.9 Å². The van der Waals surface area contributed by atoms with Gasteiger partial charge in [-0.25, -0.2) is 0 Å². The van der Waals surface area contributed by atoms with E-state index in [1.54, 1.807) is 0 Å². The molecule has 0 saturated heterocycles. The van der Waals surface area contributed by atoms with Crippen LogP contribution in [0.15, 0.2) is 37.0 Å². The summed E-state index contributed by atoms with van der Waals surface area (Å²) in [5, 5.41) is 11.5. The second kappa shape index (κ2) is 21.1. The molecule has 6 atom stereocenters. The van der Waals surface area contributed by atoms with Crippen molar-refractivity contribution in [3.05, 3.63) is 37.0 Å². The van der Waals surface area contributed by atoms with Crippen LogP contribution in [0.2, 0.25) is 0 Å². The van der Waals surface area contributed by atoms with Crippen molar-refractivity contribution in [2.75, 3.05) is 0 Å². The molecule has 0 radical (unpaired) electrons. The zero-order valence-corrected chi connectivity index (χ0v) is 26.1. The molecule has 1 saturated carbocycles. The van der Waals surface area contributed by atoms with E-state index in [0.29, 0.717) is 49.4 Å². The average molecular weight is 601 g/mol. The first-order valence-electron chi connectivity index (χ1n) is 15.2. The fraction of sp³-hybridized carbons (Fsp3) is 0.742. The summed E-state index contributed by atoms with van der Waals surface area (Å²) < 4.78 is 11.5. The summed E-state index contributed by atoms with van der Waals surface area (Å²) in [6.45, 7) is 21.2. The van der Waals surface area contributed by atoms with Crippen molar-refractivity contribution in [3.8, 4) is 0 Å². The third-order valence-electron chi connectivity index (χ3n) is 6.39. The SMILES string of the molecule is C=C(CCC)OOC1C(O)C(OC(=O)CCCC)C(OC(=O)CCCC)C(OOC(=C)CCC)C1OOC(=C)CCC. The van der Waals surface area contributed by atoms with Crippen LogP contribution in [0.1, 0.15) is 112 Å². The van der Waals surface area contributed by atoms with E-state index in [-0.39, 0.29) is 12.8 Å². The number of esters is 2. The van der Waals surface area contributed by atoms with Crippen molar-refractivity contribution in [2.24, 2.45) is 0 Å². The molecule has 1 aliphatic rings. The van der Waals surface area contributed by atoms with E-state index in [0.717, 1.165) is 32.1 Å². The van der Waals surface area contributed by atoms with E-state index < -0.39 is 48.6 Å². The molecule has 1 rings (SSSR count). The molecule has 6 unspecified atom stereocenters. The molecule has 42 heavy (non-hydrogen) atoms. The van der Waals surface area contributed by atoms with E-state index >= 15 is 0 Å². The van der Waals surface area contributed by atoms with Crippen molar-refractivity contribution < 1.29 is 53.5 Å². The number of carbonyl (C=O) groups is 2. The summed E-state index contributed by atoms with van der Waals surface area (Å²) >= 11 is 0. The summed E-state index contributed by atoms with van der Waals surface area (Å²) in [6, 6.07) is 0. The van der Waals surface area contributed by atoms with Crippen LogP contribution in [-0.4, -0.2) is 53.7 Å². The Morgan fingerprint density at radius 2 is 0.881 bits per heavy atom. The van der Waals surface area contributed by atoms with Gasteiger partial charge >= 0.3 is 11.9 Å². The van der Waals surface area contributed by atoms with Gasteiger partial charge < -0.3 is 29.2 Å². The van der Waals surface area contributed by atoms with Crippen molar-refractivity contribution in [2.45, 2.75) is 148 Å². The number of hydrogen-bond donors (Lipinski definition) is 1. The number of aliphatic hydroxyl groups is 1. The highest BCUT2D eigenvalue weighted by Gasteiger charge is 2.59. The van der Waals surface area contributed by atoms with Gasteiger partial charge in [0.1, 0.15) is 23.4 Å². The zero-order valence-electron chi connectivity index (χ0n) is 26.1. The minimum absolute atomic E-state index is 0.0980. The third kappa shape index (κ3) is 13.1. The maximum atomic E-state index is 12.9. The molecular formula is C31H52O11. The Morgan fingerprint density at radius 1 is 0.524 bits per heavy atom. The topological polar surface area (TPSA) is 128 Å². The Morgan fingerprint density at radius 3 is 1.26 bits per heavy atom. The number of aliphatic hydroxyl groups excluding tert-OH is 1. The van der Waals surface area contributed by atoms with Crippen LogP contribution in [0.5, 0.6) is 0 Å². The lowest BCUT2D eigenvalue weighted by molar-refractivity contribution is -0.440. The highest BCUT2D eigenvalue weighted by atomic mass is 17.2. The minimum atomic E-state index is -1.60. The second-order valence-electron chi connectivity index (χ2n) is 10.4. The minimum Gasteiger partial charge on any atom is -0.455 e. The van der Waals surface area contributed by atoms with Crippen LogP contribution in [0.25, 0.3) is 0 Å². The molecule has 0 bridgehead atoms.